The van der Waals surface area contributed by atoms with E-state index in [9.17, 15) is 9.18 Å². The van der Waals surface area contributed by atoms with E-state index in [2.05, 4.69) is 15.9 Å². The van der Waals surface area contributed by atoms with E-state index in [1.165, 1.54) is 19.1 Å². The molecule has 2 aromatic carbocycles. The van der Waals surface area contributed by atoms with E-state index in [-0.39, 0.29) is 11.3 Å². The second-order valence-corrected chi connectivity index (χ2v) is 5.13. The van der Waals surface area contributed by atoms with Crippen molar-refractivity contribution in [2.75, 3.05) is 0 Å². The molecule has 0 amide bonds. The zero-order valence-corrected chi connectivity index (χ0v) is 12.1. The average Bonchev–Trinajstić information content (AvgIpc) is 2.33. The van der Waals surface area contributed by atoms with Crippen LogP contribution in [-0.2, 0) is 0 Å². The molecule has 0 saturated heterocycles. The standard InChI is InChI=1S/C15H12BrFO2/c1-9-6-15(13(10(2)18)8-14(9)17)19-12-5-3-4-11(16)7-12/h3-8H,1-2H3. The number of hydrogen-bond acceptors (Lipinski definition) is 2. The molecule has 2 rings (SSSR count). The van der Waals surface area contributed by atoms with Gasteiger partial charge in [-0.05, 0) is 49.7 Å². The predicted molar refractivity (Wildman–Crippen MR) is 75.4 cm³/mol. The average molecular weight is 323 g/mol. The fraction of sp³-hybridized carbons (Fsp3) is 0.133. The first kappa shape index (κ1) is 13.7. The molecule has 98 valence electrons. The molecule has 0 atom stereocenters. The molecule has 2 aromatic rings. The monoisotopic (exact) mass is 322 g/mol. The van der Waals surface area contributed by atoms with Crippen LogP contribution in [0.3, 0.4) is 0 Å². The molecule has 0 radical (unpaired) electrons. The first-order chi connectivity index (χ1) is 8.97. The number of Topliss-reactive ketones (excluding diaryl/α,β-unsaturated/α-hetero) is 1. The molecule has 0 bridgehead atoms. The van der Waals surface area contributed by atoms with Gasteiger partial charge < -0.3 is 4.74 Å². The predicted octanol–water partition coefficient (Wildman–Crippen LogP) is 4.89. The highest BCUT2D eigenvalue weighted by Crippen LogP contribution is 2.29. The van der Waals surface area contributed by atoms with Crippen LogP contribution in [0, 0.1) is 12.7 Å². The van der Waals surface area contributed by atoms with Crippen molar-refractivity contribution in [3.05, 3.63) is 57.8 Å². The molecule has 0 N–H and O–H groups in total. The molecular weight excluding hydrogens is 311 g/mol. The van der Waals surface area contributed by atoms with Gasteiger partial charge >= 0.3 is 0 Å². The Labute approximate surface area is 119 Å². The van der Waals surface area contributed by atoms with Crippen LogP contribution < -0.4 is 4.74 Å². The molecule has 4 heteroatoms. The van der Waals surface area contributed by atoms with Gasteiger partial charge in [0.25, 0.3) is 0 Å². The summed E-state index contributed by atoms with van der Waals surface area (Å²) >= 11 is 3.34. The minimum Gasteiger partial charge on any atom is -0.457 e. The van der Waals surface area contributed by atoms with Crippen molar-refractivity contribution in [1.29, 1.82) is 0 Å². The molecule has 0 unspecified atom stereocenters. The highest BCUT2D eigenvalue weighted by molar-refractivity contribution is 9.10. The quantitative estimate of drug-likeness (QED) is 0.752. The van der Waals surface area contributed by atoms with Gasteiger partial charge in [-0.25, -0.2) is 4.39 Å². The van der Waals surface area contributed by atoms with Crippen LogP contribution in [0.5, 0.6) is 11.5 Å². The van der Waals surface area contributed by atoms with Crippen LogP contribution in [0.4, 0.5) is 4.39 Å². The maximum absolute atomic E-state index is 13.5. The molecule has 0 saturated carbocycles. The van der Waals surface area contributed by atoms with Crippen molar-refractivity contribution in [3.8, 4) is 11.5 Å². The summed E-state index contributed by atoms with van der Waals surface area (Å²) in [4.78, 5) is 11.5. The maximum Gasteiger partial charge on any atom is 0.163 e. The lowest BCUT2D eigenvalue weighted by Gasteiger charge is -2.11. The molecule has 0 heterocycles. The Bertz CT molecular complexity index is 638. The Kier molecular flexibility index (Phi) is 4.00. The van der Waals surface area contributed by atoms with E-state index in [0.717, 1.165) is 4.47 Å². The summed E-state index contributed by atoms with van der Waals surface area (Å²) in [5.74, 6) is 0.308. The van der Waals surface area contributed by atoms with Gasteiger partial charge in [0.1, 0.15) is 17.3 Å². The van der Waals surface area contributed by atoms with Crippen molar-refractivity contribution in [2.45, 2.75) is 13.8 Å². The molecule has 0 aliphatic carbocycles. The minimum atomic E-state index is -0.410. The van der Waals surface area contributed by atoms with E-state index in [0.29, 0.717) is 17.1 Å². The second-order valence-electron chi connectivity index (χ2n) is 4.21. The van der Waals surface area contributed by atoms with Gasteiger partial charge in [0.05, 0.1) is 5.56 Å². The normalized spacial score (nSPS) is 10.3. The summed E-state index contributed by atoms with van der Waals surface area (Å²) in [7, 11) is 0. The maximum atomic E-state index is 13.5. The summed E-state index contributed by atoms with van der Waals surface area (Å²) < 4.78 is 20.0. The van der Waals surface area contributed by atoms with Crippen molar-refractivity contribution < 1.29 is 13.9 Å². The number of carbonyl (C=O) groups excluding carboxylic acids is 1. The Morgan fingerprint density at radius 2 is 2.00 bits per heavy atom. The molecule has 2 nitrogen and oxygen atoms in total. The fourth-order valence-corrected chi connectivity index (χ4v) is 2.05. The zero-order valence-electron chi connectivity index (χ0n) is 10.5. The highest BCUT2D eigenvalue weighted by Gasteiger charge is 2.13. The minimum absolute atomic E-state index is 0.233. The molecule has 0 spiro atoms. The molecule has 0 aliphatic rings. The van der Waals surface area contributed by atoms with E-state index in [1.54, 1.807) is 19.1 Å². The Balaban J connectivity index is 2.44. The smallest absolute Gasteiger partial charge is 0.163 e. The lowest BCUT2D eigenvalue weighted by Crippen LogP contribution is -1.99. The lowest BCUT2D eigenvalue weighted by molar-refractivity contribution is 0.101. The highest BCUT2D eigenvalue weighted by atomic mass is 79.9. The van der Waals surface area contributed by atoms with Crippen molar-refractivity contribution in [2.24, 2.45) is 0 Å². The number of halogens is 2. The Morgan fingerprint density at radius 3 is 2.63 bits per heavy atom. The van der Waals surface area contributed by atoms with Crippen molar-refractivity contribution >= 4 is 21.7 Å². The summed E-state index contributed by atoms with van der Waals surface area (Å²) in [5, 5.41) is 0. The number of rotatable bonds is 3. The summed E-state index contributed by atoms with van der Waals surface area (Å²) in [5.41, 5.74) is 0.679. The third kappa shape index (κ3) is 3.20. The lowest BCUT2D eigenvalue weighted by atomic mass is 10.1. The molecular formula is C15H12BrFO2. The summed E-state index contributed by atoms with van der Waals surface area (Å²) in [6.45, 7) is 3.02. The number of aryl methyl sites for hydroxylation is 1. The molecule has 0 aromatic heterocycles. The van der Waals surface area contributed by atoms with Gasteiger partial charge in [-0.3, -0.25) is 4.79 Å². The van der Waals surface area contributed by atoms with Crippen LogP contribution in [0.1, 0.15) is 22.8 Å². The van der Waals surface area contributed by atoms with Crippen LogP contribution in [0.15, 0.2) is 40.9 Å². The van der Waals surface area contributed by atoms with Gasteiger partial charge in [0.2, 0.25) is 0 Å². The van der Waals surface area contributed by atoms with Crippen molar-refractivity contribution in [3.63, 3.8) is 0 Å². The third-order valence-electron chi connectivity index (χ3n) is 2.66. The topological polar surface area (TPSA) is 26.3 Å². The fourth-order valence-electron chi connectivity index (χ4n) is 1.67. The van der Waals surface area contributed by atoms with Gasteiger partial charge in [0.15, 0.2) is 5.78 Å². The largest absolute Gasteiger partial charge is 0.457 e. The third-order valence-corrected chi connectivity index (χ3v) is 3.16. The van der Waals surface area contributed by atoms with Gasteiger partial charge in [-0.15, -0.1) is 0 Å². The Morgan fingerprint density at radius 1 is 1.26 bits per heavy atom. The van der Waals surface area contributed by atoms with Crippen LogP contribution in [-0.4, -0.2) is 5.78 Å². The zero-order chi connectivity index (χ0) is 14.0. The number of ketones is 1. The number of benzene rings is 2. The summed E-state index contributed by atoms with van der Waals surface area (Å²) in [6.07, 6.45) is 0. The second kappa shape index (κ2) is 5.53. The van der Waals surface area contributed by atoms with Gasteiger partial charge in [-0.2, -0.15) is 0 Å². The molecule has 0 aliphatic heterocycles. The van der Waals surface area contributed by atoms with E-state index in [4.69, 9.17) is 4.74 Å². The van der Waals surface area contributed by atoms with Crippen LogP contribution in [0.25, 0.3) is 0 Å². The van der Waals surface area contributed by atoms with Gasteiger partial charge in [0, 0.05) is 4.47 Å². The van der Waals surface area contributed by atoms with Crippen molar-refractivity contribution in [1.82, 2.24) is 0 Å². The van der Waals surface area contributed by atoms with Crippen LogP contribution >= 0.6 is 15.9 Å². The SMILES string of the molecule is CC(=O)c1cc(F)c(C)cc1Oc1cccc(Br)c1. The molecule has 0 fully saturated rings. The Hall–Kier alpha value is -1.68. The first-order valence-electron chi connectivity index (χ1n) is 5.72. The number of hydrogen-bond donors (Lipinski definition) is 0. The first-order valence-corrected chi connectivity index (χ1v) is 6.51. The van der Waals surface area contributed by atoms with Gasteiger partial charge in [-0.1, -0.05) is 22.0 Å². The van der Waals surface area contributed by atoms with E-state index < -0.39 is 5.82 Å². The van der Waals surface area contributed by atoms with Crippen LogP contribution in [0.2, 0.25) is 0 Å². The van der Waals surface area contributed by atoms with E-state index in [1.807, 2.05) is 12.1 Å². The summed E-state index contributed by atoms with van der Waals surface area (Å²) in [6, 6.07) is 9.99. The molecule has 19 heavy (non-hydrogen) atoms. The number of carbonyl (C=O) groups is 1. The number of ether oxygens (including phenoxy) is 1. The van der Waals surface area contributed by atoms with E-state index >= 15 is 0 Å².